The summed E-state index contributed by atoms with van der Waals surface area (Å²) in [5, 5.41) is 22.7. The lowest BCUT2D eigenvalue weighted by Crippen LogP contribution is -2.35. The normalized spacial score (nSPS) is 11.6. The van der Waals surface area contributed by atoms with E-state index in [2.05, 4.69) is 5.32 Å². The van der Waals surface area contributed by atoms with E-state index in [0.29, 0.717) is 12.2 Å². The molecule has 0 saturated heterocycles. The predicted molar refractivity (Wildman–Crippen MR) is 108 cm³/mol. The van der Waals surface area contributed by atoms with Crippen LogP contribution in [0.5, 0.6) is 11.5 Å². The Balaban J connectivity index is 1.55. The summed E-state index contributed by atoms with van der Waals surface area (Å²) in [7, 11) is 0. The zero-order chi connectivity index (χ0) is 19.8. The van der Waals surface area contributed by atoms with Crippen molar-refractivity contribution in [3.63, 3.8) is 0 Å². The number of aliphatic hydroxyl groups is 1. The van der Waals surface area contributed by atoms with Gasteiger partial charge in [-0.25, -0.2) is 0 Å². The molecule has 144 valence electrons. The molecule has 3 rings (SSSR count). The smallest absolute Gasteiger partial charge is 0.255 e. The molecule has 5 nitrogen and oxygen atoms in total. The molecule has 0 saturated carbocycles. The molecular formula is C23H23NO4. The number of nitrogens with one attached hydrogen (secondary N) is 1. The lowest BCUT2D eigenvalue weighted by atomic mass is 10.0. The molecule has 0 radical (unpaired) electrons. The number of rotatable bonds is 8. The van der Waals surface area contributed by atoms with Gasteiger partial charge >= 0.3 is 0 Å². The van der Waals surface area contributed by atoms with Gasteiger partial charge < -0.3 is 20.3 Å². The number of carbonyl (C=O) groups excluding carboxylic acids is 1. The van der Waals surface area contributed by atoms with E-state index in [-0.39, 0.29) is 24.5 Å². The average molecular weight is 377 g/mol. The fraction of sp³-hybridized carbons (Fsp3) is 0.174. The van der Waals surface area contributed by atoms with E-state index in [9.17, 15) is 15.0 Å². The minimum Gasteiger partial charge on any atom is -0.507 e. The summed E-state index contributed by atoms with van der Waals surface area (Å²) in [5.74, 6) is 0.120. The van der Waals surface area contributed by atoms with E-state index < -0.39 is 12.0 Å². The Morgan fingerprint density at radius 2 is 1.61 bits per heavy atom. The summed E-state index contributed by atoms with van der Waals surface area (Å²) in [6.45, 7) is 0.0817. The summed E-state index contributed by atoms with van der Waals surface area (Å²) in [6.07, 6.45) is -0.201. The molecule has 3 aromatic rings. The van der Waals surface area contributed by atoms with Crippen LogP contribution in [0.2, 0.25) is 0 Å². The summed E-state index contributed by atoms with van der Waals surface area (Å²) in [4.78, 5) is 12.4. The fourth-order valence-corrected chi connectivity index (χ4v) is 2.78. The highest BCUT2D eigenvalue weighted by Crippen LogP contribution is 2.20. The first kappa shape index (κ1) is 19.5. The van der Waals surface area contributed by atoms with Gasteiger partial charge in [0.1, 0.15) is 24.2 Å². The maximum absolute atomic E-state index is 12.4. The van der Waals surface area contributed by atoms with Gasteiger partial charge in [-0.05, 0) is 41.8 Å². The van der Waals surface area contributed by atoms with Gasteiger partial charge in [-0.3, -0.25) is 4.79 Å². The molecule has 0 aliphatic heterocycles. The maximum Gasteiger partial charge on any atom is 0.255 e. The van der Waals surface area contributed by atoms with Crippen LogP contribution in [0.1, 0.15) is 21.5 Å². The molecule has 5 heteroatoms. The molecule has 0 aromatic heterocycles. The largest absolute Gasteiger partial charge is 0.507 e. The van der Waals surface area contributed by atoms with Gasteiger partial charge in [-0.15, -0.1) is 0 Å². The molecular weight excluding hydrogens is 354 g/mol. The predicted octanol–water partition coefficient (Wildman–Crippen LogP) is 3.15. The van der Waals surface area contributed by atoms with Crippen LogP contribution in [-0.4, -0.2) is 35.4 Å². The third kappa shape index (κ3) is 5.59. The van der Waals surface area contributed by atoms with Crippen molar-refractivity contribution in [2.45, 2.75) is 12.5 Å². The van der Waals surface area contributed by atoms with Gasteiger partial charge in [0.25, 0.3) is 5.91 Å². The number of phenols is 1. The van der Waals surface area contributed by atoms with Gasteiger partial charge in [-0.2, -0.15) is 0 Å². The van der Waals surface area contributed by atoms with E-state index >= 15 is 0 Å². The second-order valence-electron chi connectivity index (χ2n) is 6.50. The van der Waals surface area contributed by atoms with Crippen molar-refractivity contribution in [2.75, 3.05) is 13.2 Å². The number of hydrogen-bond acceptors (Lipinski definition) is 4. The van der Waals surface area contributed by atoms with E-state index in [1.54, 1.807) is 24.3 Å². The second-order valence-corrected chi connectivity index (χ2v) is 6.50. The Labute approximate surface area is 164 Å². The Morgan fingerprint density at radius 1 is 0.929 bits per heavy atom. The molecule has 28 heavy (non-hydrogen) atoms. The first-order valence-electron chi connectivity index (χ1n) is 9.12. The van der Waals surface area contributed by atoms with Crippen molar-refractivity contribution in [2.24, 2.45) is 0 Å². The molecule has 3 N–H and O–H groups in total. The summed E-state index contributed by atoms with van der Waals surface area (Å²) >= 11 is 0. The van der Waals surface area contributed by atoms with E-state index in [0.717, 1.165) is 11.1 Å². The number of phenolic OH excluding ortho intramolecular Hbond substituents is 1. The number of benzene rings is 3. The lowest BCUT2D eigenvalue weighted by molar-refractivity contribution is 0.0841. The highest BCUT2D eigenvalue weighted by Gasteiger charge is 2.14. The zero-order valence-corrected chi connectivity index (χ0v) is 15.4. The Kier molecular flexibility index (Phi) is 6.65. The van der Waals surface area contributed by atoms with Crippen LogP contribution >= 0.6 is 0 Å². The number of ether oxygens (including phenoxy) is 1. The van der Waals surface area contributed by atoms with Crippen molar-refractivity contribution in [3.05, 3.63) is 95.6 Å². The van der Waals surface area contributed by atoms with E-state index in [1.165, 1.54) is 6.07 Å². The number of para-hydroxylation sites is 1. The number of aromatic hydroxyl groups is 1. The highest BCUT2D eigenvalue weighted by molar-refractivity contribution is 5.97. The van der Waals surface area contributed by atoms with E-state index in [1.807, 2.05) is 48.5 Å². The molecule has 0 aliphatic rings. The Morgan fingerprint density at radius 3 is 2.32 bits per heavy atom. The van der Waals surface area contributed by atoms with Gasteiger partial charge in [0, 0.05) is 6.54 Å². The van der Waals surface area contributed by atoms with Crippen molar-refractivity contribution in [3.8, 4) is 11.5 Å². The lowest BCUT2D eigenvalue weighted by Gasteiger charge is -2.14. The van der Waals surface area contributed by atoms with Crippen molar-refractivity contribution in [1.82, 2.24) is 5.32 Å². The first-order chi connectivity index (χ1) is 13.6. The SMILES string of the molecule is O=C(NCC(O)COc1ccccc1)c1cc(Cc2ccccc2)ccc1O. The van der Waals surface area contributed by atoms with Crippen LogP contribution in [0.15, 0.2) is 78.9 Å². The minimum absolute atomic E-state index is 0.0218. The third-order valence-electron chi connectivity index (χ3n) is 4.24. The van der Waals surface area contributed by atoms with Crippen LogP contribution in [-0.2, 0) is 6.42 Å². The number of amides is 1. The molecule has 1 unspecified atom stereocenters. The summed E-state index contributed by atoms with van der Waals surface area (Å²) in [5.41, 5.74) is 2.22. The fourth-order valence-electron chi connectivity index (χ4n) is 2.78. The molecule has 0 aliphatic carbocycles. The molecule has 1 amide bonds. The quantitative estimate of drug-likeness (QED) is 0.563. The maximum atomic E-state index is 12.4. The average Bonchev–Trinajstić information content (AvgIpc) is 2.73. The third-order valence-corrected chi connectivity index (χ3v) is 4.24. The first-order valence-corrected chi connectivity index (χ1v) is 9.12. The summed E-state index contributed by atoms with van der Waals surface area (Å²) in [6, 6.07) is 24.0. The molecule has 0 bridgehead atoms. The summed E-state index contributed by atoms with van der Waals surface area (Å²) < 4.78 is 5.46. The zero-order valence-electron chi connectivity index (χ0n) is 15.4. The highest BCUT2D eigenvalue weighted by atomic mass is 16.5. The molecule has 3 aromatic carbocycles. The van der Waals surface area contributed by atoms with Crippen molar-refractivity contribution >= 4 is 5.91 Å². The van der Waals surface area contributed by atoms with E-state index in [4.69, 9.17) is 4.74 Å². The number of hydrogen-bond donors (Lipinski definition) is 3. The monoisotopic (exact) mass is 377 g/mol. The molecule has 0 fully saturated rings. The van der Waals surface area contributed by atoms with Gasteiger partial charge in [-0.1, -0.05) is 54.6 Å². The van der Waals surface area contributed by atoms with Gasteiger partial charge in [0.2, 0.25) is 0 Å². The minimum atomic E-state index is -0.862. The number of carbonyl (C=O) groups is 1. The molecule has 0 spiro atoms. The van der Waals surface area contributed by atoms with Crippen molar-refractivity contribution < 1.29 is 19.7 Å². The van der Waals surface area contributed by atoms with Gasteiger partial charge in [0.05, 0.1) is 5.56 Å². The number of aliphatic hydroxyl groups excluding tert-OH is 1. The van der Waals surface area contributed by atoms with Crippen LogP contribution in [0.25, 0.3) is 0 Å². The standard InChI is InChI=1S/C23H23NO4/c25-19(16-28-20-9-5-2-6-10-20)15-24-23(27)21-14-18(11-12-22(21)26)13-17-7-3-1-4-8-17/h1-12,14,19,25-26H,13,15-16H2,(H,24,27). The van der Waals surface area contributed by atoms with Crippen molar-refractivity contribution in [1.29, 1.82) is 0 Å². The van der Waals surface area contributed by atoms with Crippen LogP contribution in [0, 0.1) is 0 Å². The van der Waals surface area contributed by atoms with Crippen LogP contribution in [0.3, 0.4) is 0 Å². The second kappa shape index (κ2) is 9.58. The van der Waals surface area contributed by atoms with Gasteiger partial charge in [0.15, 0.2) is 0 Å². The van der Waals surface area contributed by atoms with Crippen LogP contribution < -0.4 is 10.1 Å². The van der Waals surface area contributed by atoms with Crippen LogP contribution in [0.4, 0.5) is 0 Å². The molecule has 0 heterocycles. The molecule has 1 atom stereocenters. The Hall–Kier alpha value is -3.31. The Bertz CT molecular complexity index is 897. The topological polar surface area (TPSA) is 78.8 Å².